The fraction of sp³-hybridized carbons (Fsp3) is 0.467. The molecular formula is C15H22N4S. The van der Waals surface area contributed by atoms with Crippen LogP contribution in [0.15, 0.2) is 23.7 Å². The lowest BCUT2D eigenvalue weighted by atomic mass is 10.2. The molecule has 1 N–H and O–H groups in total. The molecule has 0 aliphatic heterocycles. The zero-order valence-electron chi connectivity index (χ0n) is 12.6. The predicted molar refractivity (Wildman–Crippen MR) is 85.4 cm³/mol. The number of hydrogen-bond acceptors (Lipinski definition) is 5. The third-order valence-electron chi connectivity index (χ3n) is 3.49. The van der Waals surface area contributed by atoms with Crippen molar-refractivity contribution in [2.24, 2.45) is 0 Å². The summed E-state index contributed by atoms with van der Waals surface area (Å²) in [5.74, 6) is 0.798. The van der Waals surface area contributed by atoms with Crippen LogP contribution in [0.4, 0.5) is 5.95 Å². The number of aryl methyl sites for hydroxylation is 1. The number of aromatic nitrogens is 2. The zero-order valence-corrected chi connectivity index (χ0v) is 13.4. The van der Waals surface area contributed by atoms with Crippen LogP contribution in [-0.2, 0) is 13.0 Å². The molecule has 0 spiro atoms. The number of rotatable bonds is 6. The third-order valence-corrected chi connectivity index (χ3v) is 4.39. The van der Waals surface area contributed by atoms with Crippen molar-refractivity contribution < 1.29 is 0 Å². The van der Waals surface area contributed by atoms with Crippen LogP contribution in [0.25, 0.3) is 0 Å². The molecular weight excluding hydrogens is 268 g/mol. The van der Waals surface area contributed by atoms with Crippen LogP contribution in [0.3, 0.4) is 0 Å². The molecule has 0 aliphatic rings. The maximum absolute atomic E-state index is 4.62. The maximum atomic E-state index is 4.62. The molecule has 0 saturated carbocycles. The Hall–Kier alpha value is -1.46. The molecule has 0 radical (unpaired) electrons. The van der Waals surface area contributed by atoms with Crippen LogP contribution in [0.2, 0.25) is 0 Å². The highest BCUT2D eigenvalue weighted by Gasteiger charge is 2.14. The molecule has 108 valence electrons. The van der Waals surface area contributed by atoms with Gasteiger partial charge in [0.15, 0.2) is 0 Å². The number of anilines is 1. The van der Waals surface area contributed by atoms with Crippen LogP contribution >= 0.6 is 11.3 Å². The molecule has 2 heterocycles. The number of hydrogen-bond donors (Lipinski definition) is 1. The highest BCUT2D eigenvalue weighted by atomic mass is 32.1. The number of nitrogens with zero attached hydrogens (tertiary/aromatic N) is 3. The molecule has 0 amide bonds. The molecule has 0 aromatic carbocycles. The van der Waals surface area contributed by atoms with E-state index in [1.807, 2.05) is 20.2 Å². The Kier molecular flexibility index (Phi) is 5.09. The predicted octanol–water partition coefficient (Wildman–Crippen LogP) is 2.63. The van der Waals surface area contributed by atoms with Gasteiger partial charge in [-0.15, -0.1) is 11.3 Å². The molecule has 0 aliphatic carbocycles. The molecule has 2 aromatic heterocycles. The summed E-state index contributed by atoms with van der Waals surface area (Å²) < 4.78 is 0. The van der Waals surface area contributed by atoms with Gasteiger partial charge in [0.2, 0.25) is 5.95 Å². The van der Waals surface area contributed by atoms with Gasteiger partial charge in [0.05, 0.1) is 0 Å². The smallest absolute Gasteiger partial charge is 0.225 e. The number of thiophene rings is 1. The van der Waals surface area contributed by atoms with Crippen LogP contribution < -0.4 is 10.2 Å². The maximum Gasteiger partial charge on any atom is 0.225 e. The molecule has 1 unspecified atom stereocenters. The SMILES string of the molecule is CNCc1cnc(N(C)C(C)Cc2cccs2)nc1C. The van der Waals surface area contributed by atoms with Crippen molar-refractivity contribution in [1.29, 1.82) is 0 Å². The van der Waals surface area contributed by atoms with E-state index in [9.17, 15) is 0 Å². The van der Waals surface area contributed by atoms with Gasteiger partial charge in [-0.3, -0.25) is 0 Å². The first-order chi connectivity index (χ1) is 9.61. The van der Waals surface area contributed by atoms with Crippen molar-refractivity contribution in [3.63, 3.8) is 0 Å². The molecule has 0 saturated heterocycles. The van der Waals surface area contributed by atoms with Crippen molar-refractivity contribution in [3.05, 3.63) is 39.8 Å². The summed E-state index contributed by atoms with van der Waals surface area (Å²) >= 11 is 1.80. The van der Waals surface area contributed by atoms with E-state index in [2.05, 4.69) is 51.7 Å². The first-order valence-corrected chi connectivity index (χ1v) is 7.72. The van der Waals surface area contributed by atoms with Crippen LogP contribution in [0, 0.1) is 6.92 Å². The molecule has 2 rings (SSSR count). The lowest BCUT2D eigenvalue weighted by molar-refractivity contribution is 0.666. The van der Waals surface area contributed by atoms with Gasteiger partial charge in [0.25, 0.3) is 0 Å². The molecule has 0 fully saturated rings. The Morgan fingerprint density at radius 3 is 2.85 bits per heavy atom. The Bertz CT molecular complexity index is 539. The standard InChI is InChI=1S/C15H22N4S/c1-11(8-14-6-5-7-20-14)19(4)15-17-10-13(9-16-3)12(2)18-15/h5-7,10-11,16H,8-9H2,1-4H3. The first-order valence-electron chi connectivity index (χ1n) is 6.84. The van der Waals surface area contributed by atoms with E-state index in [1.54, 1.807) is 11.3 Å². The fourth-order valence-corrected chi connectivity index (χ4v) is 2.89. The Morgan fingerprint density at radius 1 is 1.45 bits per heavy atom. The van der Waals surface area contributed by atoms with E-state index < -0.39 is 0 Å². The van der Waals surface area contributed by atoms with Gasteiger partial charge in [0, 0.05) is 48.4 Å². The minimum atomic E-state index is 0.378. The van der Waals surface area contributed by atoms with E-state index in [1.165, 1.54) is 4.88 Å². The summed E-state index contributed by atoms with van der Waals surface area (Å²) in [5.41, 5.74) is 2.19. The Balaban J connectivity index is 2.08. The third kappa shape index (κ3) is 3.55. The highest BCUT2D eigenvalue weighted by molar-refractivity contribution is 7.09. The largest absolute Gasteiger partial charge is 0.341 e. The summed E-state index contributed by atoms with van der Waals surface area (Å²) in [5, 5.41) is 5.25. The summed E-state index contributed by atoms with van der Waals surface area (Å²) in [4.78, 5) is 12.7. The Labute approximate surface area is 124 Å². The quantitative estimate of drug-likeness (QED) is 0.888. The molecule has 2 aromatic rings. The normalized spacial score (nSPS) is 12.4. The second-order valence-electron chi connectivity index (χ2n) is 5.05. The monoisotopic (exact) mass is 290 g/mol. The van der Waals surface area contributed by atoms with Gasteiger partial charge in [-0.2, -0.15) is 0 Å². The van der Waals surface area contributed by atoms with Gasteiger partial charge >= 0.3 is 0 Å². The van der Waals surface area contributed by atoms with Crippen LogP contribution in [0.1, 0.15) is 23.1 Å². The minimum absolute atomic E-state index is 0.378. The van der Waals surface area contributed by atoms with E-state index in [-0.39, 0.29) is 0 Å². The van der Waals surface area contributed by atoms with Crippen molar-refractivity contribution in [1.82, 2.24) is 15.3 Å². The van der Waals surface area contributed by atoms with Gasteiger partial charge in [-0.25, -0.2) is 9.97 Å². The minimum Gasteiger partial charge on any atom is -0.341 e. The summed E-state index contributed by atoms with van der Waals surface area (Å²) in [6, 6.07) is 4.65. The Morgan fingerprint density at radius 2 is 2.25 bits per heavy atom. The van der Waals surface area contributed by atoms with Gasteiger partial charge in [-0.05, 0) is 32.3 Å². The van der Waals surface area contributed by atoms with E-state index in [0.29, 0.717) is 6.04 Å². The molecule has 20 heavy (non-hydrogen) atoms. The first kappa shape index (κ1) is 14.9. The van der Waals surface area contributed by atoms with E-state index >= 15 is 0 Å². The molecule has 1 atom stereocenters. The summed E-state index contributed by atoms with van der Waals surface area (Å²) in [7, 11) is 3.99. The van der Waals surface area contributed by atoms with Crippen molar-refractivity contribution in [2.75, 3.05) is 19.0 Å². The lowest BCUT2D eigenvalue weighted by Crippen LogP contribution is -2.32. The highest BCUT2D eigenvalue weighted by Crippen LogP contribution is 2.17. The van der Waals surface area contributed by atoms with Crippen molar-refractivity contribution >= 4 is 17.3 Å². The molecule has 5 heteroatoms. The lowest BCUT2D eigenvalue weighted by Gasteiger charge is -2.25. The van der Waals surface area contributed by atoms with Gasteiger partial charge < -0.3 is 10.2 Å². The van der Waals surface area contributed by atoms with Crippen molar-refractivity contribution in [3.8, 4) is 0 Å². The molecule has 0 bridgehead atoms. The van der Waals surface area contributed by atoms with Gasteiger partial charge in [0.1, 0.15) is 0 Å². The van der Waals surface area contributed by atoms with Crippen LogP contribution in [0.5, 0.6) is 0 Å². The summed E-state index contributed by atoms with van der Waals surface area (Å²) in [6.45, 7) is 5.05. The average molecular weight is 290 g/mol. The van der Waals surface area contributed by atoms with Crippen molar-refractivity contribution in [2.45, 2.75) is 32.9 Å². The second-order valence-corrected chi connectivity index (χ2v) is 6.09. The van der Waals surface area contributed by atoms with Gasteiger partial charge in [-0.1, -0.05) is 6.07 Å². The fourth-order valence-electron chi connectivity index (χ4n) is 2.07. The molecule has 4 nitrogen and oxygen atoms in total. The second kappa shape index (κ2) is 6.81. The number of nitrogens with one attached hydrogen (secondary N) is 1. The summed E-state index contributed by atoms with van der Waals surface area (Å²) in [6.07, 6.45) is 2.94. The average Bonchev–Trinajstić information content (AvgIpc) is 2.93. The zero-order chi connectivity index (χ0) is 14.5. The topological polar surface area (TPSA) is 41.1 Å². The van der Waals surface area contributed by atoms with E-state index in [4.69, 9.17) is 0 Å². The number of likely N-dealkylation sites (N-methyl/N-ethyl adjacent to an activating group) is 1. The van der Waals surface area contributed by atoms with Crippen LogP contribution in [-0.4, -0.2) is 30.1 Å². The van der Waals surface area contributed by atoms with E-state index in [0.717, 1.165) is 30.2 Å².